The lowest BCUT2D eigenvalue weighted by Crippen LogP contribution is -2.25. The van der Waals surface area contributed by atoms with Gasteiger partial charge in [0.15, 0.2) is 0 Å². The summed E-state index contributed by atoms with van der Waals surface area (Å²) < 4.78 is 4.56. The Morgan fingerprint density at radius 1 is 1.60 bits per heavy atom. The third kappa shape index (κ3) is 4.44. The standard InChI is InChI=1S/C9H12N2O2S2/c1-11(9(12)13-2)7-14-15-8-5-3-4-6-10-8/h3-6H,7H2,1-2H3. The highest BCUT2D eigenvalue weighted by Gasteiger charge is 2.07. The maximum Gasteiger partial charge on any atom is 0.409 e. The van der Waals surface area contributed by atoms with E-state index in [9.17, 15) is 4.79 Å². The summed E-state index contributed by atoms with van der Waals surface area (Å²) in [6.07, 6.45) is 1.41. The number of nitrogens with zero attached hydrogens (tertiary/aromatic N) is 2. The summed E-state index contributed by atoms with van der Waals surface area (Å²) in [6, 6.07) is 5.73. The monoisotopic (exact) mass is 244 g/mol. The van der Waals surface area contributed by atoms with E-state index in [2.05, 4.69) is 9.72 Å². The topological polar surface area (TPSA) is 42.4 Å². The first-order valence-corrected chi connectivity index (χ1v) is 6.55. The number of rotatable bonds is 4. The van der Waals surface area contributed by atoms with Crippen LogP contribution in [-0.4, -0.2) is 36.0 Å². The SMILES string of the molecule is COC(=O)N(C)CSSc1ccccn1. The van der Waals surface area contributed by atoms with E-state index in [-0.39, 0.29) is 6.09 Å². The number of carbonyl (C=O) groups is 1. The second-order valence-corrected chi connectivity index (χ2v) is 4.95. The summed E-state index contributed by atoms with van der Waals surface area (Å²) in [7, 11) is 6.13. The van der Waals surface area contributed by atoms with Crippen LogP contribution in [0, 0.1) is 0 Å². The molecule has 4 nitrogen and oxygen atoms in total. The number of aromatic nitrogens is 1. The number of pyridine rings is 1. The van der Waals surface area contributed by atoms with Gasteiger partial charge in [-0.2, -0.15) is 0 Å². The molecule has 0 aliphatic rings. The van der Waals surface area contributed by atoms with Crippen LogP contribution < -0.4 is 0 Å². The number of amides is 1. The van der Waals surface area contributed by atoms with Crippen LogP contribution in [0.4, 0.5) is 4.79 Å². The molecule has 1 aromatic rings. The van der Waals surface area contributed by atoms with Gasteiger partial charge in [0.1, 0.15) is 5.03 Å². The third-order valence-electron chi connectivity index (χ3n) is 1.51. The van der Waals surface area contributed by atoms with Crippen molar-refractivity contribution >= 4 is 27.7 Å². The zero-order chi connectivity index (χ0) is 11.1. The molecule has 15 heavy (non-hydrogen) atoms. The maximum atomic E-state index is 11.0. The number of carbonyl (C=O) groups excluding carboxylic acids is 1. The Bertz CT molecular complexity index is 308. The Kier molecular flexibility index (Phi) is 5.34. The third-order valence-corrected chi connectivity index (χ3v) is 3.72. The summed E-state index contributed by atoms with van der Waals surface area (Å²) in [5.41, 5.74) is 0. The largest absolute Gasteiger partial charge is 0.453 e. The molecule has 1 rings (SSSR count). The van der Waals surface area contributed by atoms with Crippen molar-refractivity contribution in [2.45, 2.75) is 5.03 Å². The van der Waals surface area contributed by atoms with Gasteiger partial charge in [-0.3, -0.25) is 0 Å². The van der Waals surface area contributed by atoms with Crippen LogP contribution in [0.3, 0.4) is 0 Å². The molecule has 0 aliphatic heterocycles. The van der Waals surface area contributed by atoms with Gasteiger partial charge in [0, 0.05) is 13.2 Å². The molecule has 0 unspecified atom stereocenters. The fraction of sp³-hybridized carbons (Fsp3) is 0.333. The Morgan fingerprint density at radius 3 is 3.00 bits per heavy atom. The Labute approximate surface area is 96.8 Å². The van der Waals surface area contributed by atoms with Crippen LogP contribution in [0.25, 0.3) is 0 Å². The molecule has 1 amide bonds. The Morgan fingerprint density at radius 2 is 2.40 bits per heavy atom. The lowest BCUT2D eigenvalue weighted by Gasteiger charge is -2.13. The Hall–Kier alpha value is -0.880. The van der Waals surface area contributed by atoms with E-state index in [0.717, 1.165) is 5.03 Å². The molecule has 1 heterocycles. The van der Waals surface area contributed by atoms with Gasteiger partial charge in [0.2, 0.25) is 0 Å². The van der Waals surface area contributed by atoms with Crippen molar-refractivity contribution < 1.29 is 9.53 Å². The summed E-state index contributed by atoms with van der Waals surface area (Å²) in [4.78, 5) is 16.7. The highest BCUT2D eigenvalue weighted by molar-refractivity contribution is 8.76. The van der Waals surface area contributed by atoms with Crippen molar-refractivity contribution in [2.75, 3.05) is 20.0 Å². The number of methoxy groups -OCH3 is 1. The van der Waals surface area contributed by atoms with Crippen LogP contribution in [0.5, 0.6) is 0 Å². The molecule has 0 aromatic carbocycles. The van der Waals surface area contributed by atoms with Gasteiger partial charge >= 0.3 is 6.09 Å². The molecule has 0 radical (unpaired) electrons. The highest BCUT2D eigenvalue weighted by Crippen LogP contribution is 2.29. The molecular weight excluding hydrogens is 232 g/mol. The Balaban J connectivity index is 2.25. The minimum absolute atomic E-state index is 0.330. The molecule has 0 aliphatic carbocycles. The van der Waals surface area contributed by atoms with E-state index >= 15 is 0 Å². The highest BCUT2D eigenvalue weighted by atomic mass is 33.1. The number of hydrogen-bond donors (Lipinski definition) is 0. The lowest BCUT2D eigenvalue weighted by molar-refractivity contribution is 0.140. The van der Waals surface area contributed by atoms with Gasteiger partial charge in [-0.05, 0) is 22.9 Å². The van der Waals surface area contributed by atoms with E-state index in [4.69, 9.17) is 0 Å². The normalized spacial score (nSPS) is 9.73. The van der Waals surface area contributed by atoms with Gasteiger partial charge in [-0.25, -0.2) is 9.78 Å². The molecule has 0 N–H and O–H groups in total. The zero-order valence-electron chi connectivity index (χ0n) is 8.54. The van der Waals surface area contributed by atoms with Crippen molar-refractivity contribution in [2.24, 2.45) is 0 Å². The van der Waals surface area contributed by atoms with E-state index in [1.54, 1.807) is 13.2 Å². The first-order valence-electron chi connectivity index (χ1n) is 4.23. The van der Waals surface area contributed by atoms with Crippen LogP contribution >= 0.6 is 21.6 Å². The average Bonchev–Trinajstić information content (AvgIpc) is 2.29. The first kappa shape index (κ1) is 12.2. The van der Waals surface area contributed by atoms with Crippen molar-refractivity contribution in [1.82, 2.24) is 9.88 Å². The van der Waals surface area contributed by atoms with Crippen molar-refractivity contribution in [3.05, 3.63) is 24.4 Å². The maximum absolute atomic E-state index is 11.0. The predicted molar refractivity (Wildman–Crippen MR) is 62.7 cm³/mol. The fourth-order valence-electron chi connectivity index (χ4n) is 0.771. The average molecular weight is 244 g/mol. The lowest BCUT2D eigenvalue weighted by atomic mass is 10.5. The fourth-order valence-corrected chi connectivity index (χ4v) is 2.74. The van der Waals surface area contributed by atoms with E-state index in [1.165, 1.54) is 33.6 Å². The van der Waals surface area contributed by atoms with Gasteiger partial charge in [-0.15, -0.1) is 0 Å². The zero-order valence-corrected chi connectivity index (χ0v) is 10.2. The van der Waals surface area contributed by atoms with E-state index in [1.807, 2.05) is 18.2 Å². The van der Waals surface area contributed by atoms with Gasteiger partial charge < -0.3 is 9.64 Å². The van der Waals surface area contributed by atoms with Crippen LogP contribution in [0.15, 0.2) is 29.4 Å². The van der Waals surface area contributed by atoms with Gasteiger partial charge in [0.05, 0.1) is 13.0 Å². The summed E-state index contributed by atoms with van der Waals surface area (Å²) in [5, 5.41) is 0.931. The predicted octanol–water partition coefficient (Wildman–Crippen LogP) is 2.48. The molecule has 0 atom stereocenters. The van der Waals surface area contributed by atoms with Crippen LogP contribution in [0.1, 0.15) is 0 Å². The second-order valence-electron chi connectivity index (χ2n) is 2.67. The second kappa shape index (κ2) is 6.58. The smallest absolute Gasteiger partial charge is 0.409 e. The molecule has 1 aromatic heterocycles. The molecule has 0 saturated carbocycles. The van der Waals surface area contributed by atoms with Gasteiger partial charge in [0.25, 0.3) is 0 Å². The molecular formula is C9H12N2O2S2. The summed E-state index contributed by atoms with van der Waals surface area (Å²) >= 11 is 0. The van der Waals surface area contributed by atoms with E-state index in [0.29, 0.717) is 5.88 Å². The van der Waals surface area contributed by atoms with Crippen LogP contribution in [0.2, 0.25) is 0 Å². The van der Waals surface area contributed by atoms with Crippen molar-refractivity contribution in [3.63, 3.8) is 0 Å². The molecule has 82 valence electrons. The summed E-state index contributed by atoms with van der Waals surface area (Å²) in [6.45, 7) is 0. The molecule has 0 saturated heterocycles. The van der Waals surface area contributed by atoms with Crippen molar-refractivity contribution in [1.29, 1.82) is 0 Å². The number of ether oxygens (including phenoxy) is 1. The van der Waals surface area contributed by atoms with Crippen molar-refractivity contribution in [3.8, 4) is 0 Å². The number of hydrogen-bond acceptors (Lipinski definition) is 5. The minimum Gasteiger partial charge on any atom is -0.453 e. The first-order chi connectivity index (χ1) is 7.24. The van der Waals surface area contributed by atoms with E-state index < -0.39 is 0 Å². The summed E-state index contributed by atoms with van der Waals surface area (Å²) in [5.74, 6) is 0.563. The molecule has 0 bridgehead atoms. The van der Waals surface area contributed by atoms with Crippen LogP contribution in [-0.2, 0) is 4.74 Å². The van der Waals surface area contributed by atoms with Gasteiger partial charge in [-0.1, -0.05) is 16.9 Å². The molecule has 0 fully saturated rings. The minimum atomic E-state index is -0.330. The quantitative estimate of drug-likeness (QED) is 0.601. The molecule has 6 heteroatoms. The molecule has 0 spiro atoms.